The Bertz CT molecular complexity index is 725. The number of likely N-dealkylation sites (N-methyl/N-ethyl adjacent to an activating group) is 1. The molecule has 0 spiro atoms. The second kappa shape index (κ2) is 6.05. The van der Waals surface area contributed by atoms with Gasteiger partial charge in [-0.15, -0.1) is 0 Å². The third kappa shape index (κ3) is 2.71. The minimum Gasteiger partial charge on any atom is -0.481 e. The lowest BCUT2D eigenvalue weighted by Crippen LogP contribution is -2.32. The van der Waals surface area contributed by atoms with Gasteiger partial charge in [-0.3, -0.25) is 14.7 Å². The van der Waals surface area contributed by atoms with Crippen molar-refractivity contribution in [3.8, 4) is 0 Å². The fraction of sp³-hybridized carbons (Fsp3) is 0.444. The van der Waals surface area contributed by atoms with Gasteiger partial charge in [0.05, 0.1) is 11.9 Å². The van der Waals surface area contributed by atoms with Crippen LogP contribution in [0, 0.1) is 0 Å². The molecule has 22 heavy (non-hydrogen) atoms. The molecule has 0 saturated carbocycles. The highest BCUT2D eigenvalue weighted by atomic mass is 16.4. The van der Waals surface area contributed by atoms with Crippen molar-refractivity contribution in [3.05, 3.63) is 40.6 Å². The quantitative estimate of drug-likeness (QED) is 0.943. The molecule has 1 aliphatic rings. The Kier molecular flexibility index (Phi) is 4.12. The topological polar surface area (TPSA) is 53.4 Å². The summed E-state index contributed by atoms with van der Waals surface area (Å²) >= 11 is 0. The summed E-state index contributed by atoms with van der Waals surface area (Å²) in [5, 5.41) is 10.4. The van der Waals surface area contributed by atoms with E-state index in [2.05, 4.69) is 30.9 Å². The van der Waals surface area contributed by atoms with Crippen LogP contribution in [0.1, 0.15) is 36.2 Å². The number of hydrogen-bond acceptors (Lipinski definition) is 3. The summed E-state index contributed by atoms with van der Waals surface area (Å²) in [6.45, 7) is 7.06. The smallest absolute Gasteiger partial charge is 0.307 e. The maximum Gasteiger partial charge on any atom is 0.307 e. The number of benzene rings is 1. The molecule has 2 heterocycles. The van der Waals surface area contributed by atoms with Gasteiger partial charge in [0.25, 0.3) is 0 Å². The first-order chi connectivity index (χ1) is 10.6. The van der Waals surface area contributed by atoms with E-state index < -0.39 is 5.97 Å². The summed E-state index contributed by atoms with van der Waals surface area (Å²) in [5.41, 5.74) is 5.33. The number of aliphatic carboxylic acids is 1. The molecule has 0 amide bonds. The summed E-state index contributed by atoms with van der Waals surface area (Å²) in [6.07, 6.45) is 1.92. The molecule has 1 aliphatic heterocycles. The van der Waals surface area contributed by atoms with Crippen molar-refractivity contribution >= 4 is 16.9 Å². The van der Waals surface area contributed by atoms with Gasteiger partial charge in [0.15, 0.2) is 0 Å². The minimum absolute atomic E-state index is 0.0755. The minimum atomic E-state index is -0.773. The van der Waals surface area contributed by atoms with Gasteiger partial charge in [-0.1, -0.05) is 19.9 Å². The van der Waals surface area contributed by atoms with Gasteiger partial charge < -0.3 is 5.11 Å². The molecule has 0 atom stereocenters. The van der Waals surface area contributed by atoms with Crippen LogP contribution in [0.4, 0.5) is 0 Å². The second-order valence-corrected chi connectivity index (χ2v) is 5.91. The number of fused-ring (bicyclic) bond motifs is 2. The van der Waals surface area contributed by atoms with E-state index in [1.54, 1.807) is 0 Å². The Morgan fingerprint density at radius 3 is 2.86 bits per heavy atom. The van der Waals surface area contributed by atoms with Crippen LogP contribution in [-0.4, -0.2) is 34.0 Å². The number of rotatable bonds is 4. The lowest BCUT2D eigenvalue weighted by Gasteiger charge is -2.29. The largest absolute Gasteiger partial charge is 0.481 e. The maximum atomic E-state index is 11.4. The van der Waals surface area contributed by atoms with Crippen molar-refractivity contribution in [1.29, 1.82) is 0 Å². The number of hydrogen-bond donors (Lipinski definition) is 1. The molecule has 1 N–H and O–H groups in total. The van der Waals surface area contributed by atoms with Gasteiger partial charge in [-0.05, 0) is 41.8 Å². The van der Waals surface area contributed by atoms with Crippen LogP contribution in [0.5, 0.6) is 0 Å². The highest BCUT2D eigenvalue weighted by Crippen LogP contribution is 2.29. The van der Waals surface area contributed by atoms with Crippen LogP contribution in [0.3, 0.4) is 0 Å². The van der Waals surface area contributed by atoms with E-state index in [0.29, 0.717) is 0 Å². The Balaban J connectivity index is 2.22. The number of carboxylic acids is 1. The average Bonchev–Trinajstić information content (AvgIpc) is 2.53. The van der Waals surface area contributed by atoms with Crippen LogP contribution < -0.4 is 0 Å². The van der Waals surface area contributed by atoms with Crippen molar-refractivity contribution in [1.82, 2.24) is 9.88 Å². The average molecular weight is 298 g/mol. The molecular weight excluding hydrogens is 276 g/mol. The first-order valence-electron chi connectivity index (χ1n) is 7.99. The molecule has 1 aromatic carbocycles. The molecule has 2 aromatic rings. The molecule has 0 radical (unpaired) electrons. The Morgan fingerprint density at radius 1 is 1.36 bits per heavy atom. The standard InChI is InChI=1S/C18H22N2O2/c1-3-12-5-6-16-14(9-12)13(10-18(21)22)15-11-20(4-2)8-7-17(15)19-16/h5-6,9H,3-4,7-8,10-11H2,1-2H3,(H,21,22). The molecule has 0 aliphatic carbocycles. The van der Waals surface area contributed by atoms with E-state index in [1.807, 2.05) is 6.07 Å². The van der Waals surface area contributed by atoms with E-state index in [9.17, 15) is 9.90 Å². The fourth-order valence-corrected chi connectivity index (χ4v) is 3.28. The zero-order valence-corrected chi connectivity index (χ0v) is 13.2. The molecule has 4 heteroatoms. The molecule has 0 bridgehead atoms. The predicted octanol–water partition coefficient (Wildman–Crippen LogP) is 2.80. The summed E-state index contributed by atoms with van der Waals surface area (Å²) in [4.78, 5) is 18.5. The number of aryl methyl sites for hydroxylation is 1. The molecule has 3 rings (SSSR count). The Morgan fingerprint density at radius 2 is 2.18 bits per heavy atom. The highest BCUT2D eigenvalue weighted by Gasteiger charge is 2.22. The van der Waals surface area contributed by atoms with Gasteiger partial charge in [0.2, 0.25) is 0 Å². The van der Waals surface area contributed by atoms with Crippen molar-refractivity contribution in [2.75, 3.05) is 13.1 Å². The molecule has 116 valence electrons. The summed E-state index contributed by atoms with van der Waals surface area (Å²) in [6, 6.07) is 6.24. The second-order valence-electron chi connectivity index (χ2n) is 5.91. The van der Waals surface area contributed by atoms with Gasteiger partial charge in [-0.25, -0.2) is 0 Å². The molecule has 0 saturated heterocycles. The zero-order valence-electron chi connectivity index (χ0n) is 13.2. The van der Waals surface area contributed by atoms with Crippen LogP contribution in [0.15, 0.2) is 18.2 Å². The number of aromatic nitrogens is 1. The number of carbonyl (C=O) groups is 1. The van der Waals surface area contributed by atoms with Gasteiger partial charge in [0.1, 0.15) is 0 Å². The third-order valence-electron chi connectivity index (χ3n) is 4.58. The van der Waals surface area contributed by atoms with Crippen LogP contribution in [-0.2, 0) is 30.6 Å². The molecular formula is C18H22N2O2. The lowest BCUT2D eigenvalue weighted by atomic mass is 9.93. The fourth-order valence-electron chi connectivity index (χ4n) is 3.28. The van der Waals surface area contributed by atoms with Crippen LogP contribution in [0.2, 0.25) is 0 Å². The number of carboxylic acid groups (broad SMARTS) is 1. The van der Waals surface area contributed by atoms with Crippen LogP contribution >= 0.6 is 0 Å². The lowest BCUT2D eigenvalue weighted by molar-refractivity contribution is -0.136. The molecule has 4 nitrogen and oxygen atoms in total. The van der Waals surface area contributed by atoms with E-state index in [4.69, 9.17) is 4.98 Å². The van der Waals surface area contributed by atoms with Crippen molar-refractivity contribution < 1.29 is 9.90 Å². The maximum absolute atomic E-state index is 11.4. The Labute approximate surface area is 130 Å². The number of nitrogens with zero attached hydrogens (tertiary/aromatic N) is 2. The third-order valence-corrected chi connectivity index (χ3v) is 4.58. The number of pyridine rings is 1. The van der Waals surface area contributed by atoms with E-state index in [-0.39, 0.29) is 6.42 Å². The molecule has 0 fully saturated rings. The zero-order chi connectivity index (χ0) is 15.7. The van der Waals surface area contributed by atoms with Gasteiger partial charge >= 0.3 is 5.97 Å². The summed E-state index contributed by atoms with van der Waals surface area (Å²) in [7, 11) is 0. The van der Waals surface area contributed by atoms with E-state index in [0.717, 1.165) is 60.2 Å². The van der Waals surface area contributed by atoms with Crippen molar-refractivity contribution in [3.63, 3.8) is 0 Å². The monoisotopic (exact) mass is 298 g/mol. The molecule has 1 aromatic heterocycles. The SMILES string of the molecule is CCc1ccc2nc3c(c(CC(=O)O)c2c1)CN(CC)CC3. The van der Waals surface area contributed by atoms with Gasteiger partial charge in [0, 0.05) is 30.6 Å². The van der Waals surface area contributed by atoms with Crippen molar-refractivity contribution in [2.24, 2.45) is 0 Å². The predicted molar refractivity (Wildman–Crippen MR) is 87.1 cm³/mol. The van der Waals surface area contributed by atoms with Gasteiger partial charge in [-0.2, -0.15) is 0 Å². The van der Waals surface area contributed by atoms with E-state index in [1.165, 1.54) is 5.56 Å². The van der Waals surface area contributed by atoms with Crippen molar-refractivity contribution in [2.45, 2.75) is 39.7 Å². The summed E-state index contributed by atoms with van der Waals surface area (Å²) in [5.74, 6) is -0.773. The first kappa shape index (κ1) is 15.0. The summed E-state index contributed by atoms with van der Waals surface area (Å²) < 4.78 is 0. The first-order valence-corrected chi connectivity index (χ1v) is 7.99. The normalized spacial score (nSPS) is 15.0. The molecule has 0 unspecified atom stereocenters. The van der Waals surface area contributed by atoms with Crippen LogP contribution in [0.25, 0.3) is 10.9 Å². The Hall–Kier alpha value is -1.94. The highest BCUT2D eigenvalue weighted by molar-refractivity contribution is 5.88. The van der Waals surface area contributed by atoms with E-state index >= 15 is 0 Å².